The maximum atomic E-state index is 3.08. The first-order valence-corrected chi connectivity index (χ1v) is 11.1. The molecule has 0 bridgehead atoms. The molecule has 0 aliphatic carbocycles. The molecule has 0 amide bonds. The van der Waals surface area contributed by atoms with Gasteiger partial charge in [0.2, 0.25) is 0 Å². The third kappa shape index (κ3) is 15.7. The second kappa shape index (κ2) is 20.4. The van der Waals surface area contributed by atoms with E-state index in [1.54, 1.807) is 0 Å². The minimum absolute atomic E-state index is 0. The molecule has 158 valence electrons. The lowest BCUT2D eigenvalue weighted by atomic mass is 10.0. The SMILES string of the molecule is CCCCCCCCCCCCc1ccccc1.CNCc1ccccc1.Cl. The molecule has 0 heterocycles. The highest BCUT2D eigenvalue weighted by molar-refractivity contribution is 5.85. The molecule has 0 spiro atoms. The number of aryl methyl sites for hydroxylation is 1. The first kappa shape index (κ1) is 26.7. The molecule has 0 aromatic heterocycles. The van der Waals surface area contributed by atoms with Crippen molar-refractivity contribution in [1.82, 2.24) is 5.32 Å². The fraction of sp³-hybridized carbons (Fsp3) is 0.538. The van der Waals surface area contributed by atoms with E-state index in [2.05, 4.69) is 54.7 Å². The Hall–Kier alpha value is -1.31. The summed E-state index contributed by atoms with van der Waals surface area (Å²) in [4.78, 5) is 0. The van der Waals surface area contributed by atoms with Crippen LogP contribution in [-0.4, -0.2) is 7.05 Å². The van der Waals surface area contributed by atoms with Gasteiger partial charge in [-0.3, -0.25) is 0 Å². The van der Waals surface area contributed by atoms with E-state index in [-0.39, 0.29) is 12.4 Å². The molecule has 1 N–H and O–H groups in total. The first-order chi connectivity index (χ1) is 13.4. The smallest absolute Gasteiger partial charge is 0.0202 e. The van der Waals surface area contributed by atoms with Gasteiger partial charge < -0.3 is 5.32 Å². The van der Waals surface area contributed by atoms with E-state index in [9.17, 15) is 0 Å². The highest BCUT2D eigenvalue weighted by Crippen LogP contribution is 2.12. The molecule has 0 saturated heterocycles. The number of nitrogens with one attached hydrogen (secondary N) is 1. The largest absolute Gasteiger partial charge is 0.316 e. The van der Waals surface area contributed by atoms with Crippen LogP contribution in [0.3, 0.4) is 0 Å². The van der Waals surface area contributed by atoms with E-state index < -0.39 is 0 Å². The van der Waals surface area contributed by atoms with Crippen LogP contribution >= 0.6 is 12.4 Å². The van der Waals surface area contributed by atoms with E-state index in [0.717, 1.165) is 6.54 Å². The molecule has 0 atom stereocenters. The van der Waals surface area contributed by atoms with Gasteiger partial charge in [0.15, 0.2) is 0 Å². The van der Waals surface area contributed by atoms with Crippen molar-refractivity contribution < 1.29 is 0 Å². The summed E-state index contributed by atoms with van der Waals surface area (Å²) in [6, 6.07) is 21.2. The maximum absolute atomic E-state index is 3.08. The van der Waals surface area contributed by atoms with Crippen molar-refractivity contribution in [2.45, 2.75) is 84.1 Å². The van der Waals surface area contributed by atoms with Crippen molar-refractivity contribution in [3.05, 3.63) is 71.8 Å². The zero-order valence-electron chi connectivity index (χ0n) is 18.2. The lowest BCUT2D eigenvalue weighted by Gasteiger charge is -2.03. The number of hydrogen-bond donors (Lipinski definition) is 1. The van der Waals surface area contributed by atoms with E-state index in [4.69, 9.17) is 0 Å². The Labute approximate surface area is 180 Å². The molecule has 2 heteroatoms. The number of hydrogen-bond acceptors (Lipinski definition) is 1. The molecule has 0 radical (unpaired) electrons. The highest BCUT2D eigenvalue weighted by Gasteiger charge is 1.94. The second-order valence-corrected chi connectivity index (χ2v) is 7.43. The first-order valence-electron chi connectivity index (χ1n) is 11.1. The van der Waals surface area contributed by atoms with Gasteiger partial charge in [0, 0.05) is 6.54 Å². The van der Waals surface area contributed by atoms with Gasteiger partial charge in [-0.1, -0.05) is 125 Å². The van der Waals surface area contributed by atoms with Crippen LogP contribution in [0.2, 0.25) is 0 Å². The molecule has 2 aromatic carbocycles. The van der Waals surface area contributed by atoms with E-state index in [0.29, 0.717) is 0 Å². The summed E-state index contributed by atoms with van der Waals surface area (Å²) in [6.45, 7) is 3.24. The third-order valence-corrected chi connectivity index (χ3v) is 4.89. The summed E-state index contributed by atoms with van der Waals surface area (Å²) in [5.74, 6) is 0. The second-order valence-electron chi connectivity index (χ2n) is 7.43. The Morgan fingerprint density at radius 2 is 1.00 bits per heavy atom. The molecular formula is C26H42ClN. The fourth-order valence-electron chi connectivity index (χ4n) is 3.26. The predicted molar refractivity (Wildman–Crippen MR) is 128 cm³/mol. The molecule has 2 aromatic rings. The van der Waals surface area contributed by atoms with Gasteiger partial charge in [0.25, 0.3) is 0 Å². The van der Waals surface area contributed by atoms with Gasteiger partial charge >= 0.3 is 0 Å². The molecule has 1 nitrogen and oxygen atoms in total. The average molecular weight is 404 g/mol. The van der Waals surface area contributed by atoms with Gasteiger partial charge in [0.05, 0.1) is 0 Å². The summed E-state index contributed by atoms with van der Waals surface area (Å²) >= 11 is 0. The average Bonchev–Trinajstić information content (AvgIpc) is 2.72. The minimum Gasteiger partial charge on any atom is -0.316 e. The van der Waals surface area contributed by atoms with Crippen LogP contribution in [0.15, 0.2) is 60.7 Å². The molecule has 0 unspecified atom stereocenters. The molecule has 0 saturated carbocycles. The van der Waals surface area contributed by atoms with Gasteiger partial charge in [-0.15, -0.1) is 12.4 Å². The van der Waals surface area contributed by atoms with Gasteiger partial charge in [-0.25, -0.2) is 0 Å². The van der Waals surface area contributed by atoms with Crippen LogP contribution in [0.1, 0.15) is 82.3 Å². The quantitative estimate of drug-likeness (QED) is 0.334. The van der Waals surface area contributed by atoms with Crippen LogP contribution in [0.4, 0.5) is 0 Å². The van der Waals surface area contributed by atoms with Gasteiger partial charge in [-0.2, -0.15) is 0 Å². The van der Waals surface area contributed by atoms with E-state index in [1.807, 2.05) is 25.2 Å². The van der Waals surface area contributed by atoms with Crippen molar-refractivity contribution in [2.75, 3.05) is 7.05 Å². The van der Waals surface area contributed by atoms with E-state index in [1.165, 1.54) is 81.8 Å². The molecular weight excluding hydrogens is 362 g/mol. The maximum Gasteiger partial charge on any atom is 0.0202 e. The number of halogens is 1. The highest BCUT2D eigenvalue weighted by atomic mass is 35.5. The summed E-state index contributed by atoms with van der Waals surface area (Å²) in [7, 11) is 1.95. The van der Waals surface area contributed by atoms with Crippen molar-refractivity contribution >= 4 is 12.4 Å². The summed E-state index contributed by atoms with van der Waals surface area (Å²) < 4.78 is 0. The molecule has 0 aliphatic heterocycles. The molecule has 2 rings (SSSR count). The topological polar surface area (TPSA) is 12.0 Å². The van der Waals surface area contributed by atoms with Crippen LogP contribution in [0, 0.1) is 0 Å². The summed E-state index contributed by atoms with van der Waals surface area (Å²) in [5.41, 5.74) is 2.83. The number of unbranched alkanes of at least 4 members (excludes halogenated alkanes) is 9. The van der Waals surface area contributed by atoms with Crippen molar-refractivity contribution in [1.29, 1.82) is 0 Å². The molecule has 0 fully saturated rings. The standard InChI is InChI=1S/C18H30.C8H11N.ClH/c1-2-3-4-5-6-7-8-9-10-12-15-18-16-13-11-14-17-18;1-9-7-8-5-3-2-4-6-8;/h11,13-14,16-17H,2-10,12,15H2,1H3;2-6,9H,7H2,1H3;1H. The lowest BCUT2D eigenvalue weighted by Crippen LogP contribution is -2.04. The summed E-state index contributed by atoms with van der Waals surface area (Å²) in [6.07, 6.45) is 15.5. The van der Waals surface area contributed by atoms with Crippen LogP contribution in [0.25, 0.3) is 0 Å². The van der Waals surface area contributed by atoms with Crippen molar-refractivity contribution in [3.8, 4) is 0 Å². The molecule has 28 heavy (non-hydrogen) atoms. The Bertz CT molecular complexity index is 527. The predicted octanol–water partition coefficient (Wildman–Crippen LogP) is 7.98. The third-order valence-electron chi connectivity index (χ3n) is 4.89. The fourth-order valence-corrected chi connectivity index (χ4v) is 3.26. The van der Waals surface area contributed by atoms with Crippen LogP contribution in [-0.2, 0) is 13.0 Å². The minimum atomic E-state index is 0. The Morgan fingerprint density at radius 1 is 0.571 bits per heavy atom. The normalized spacial score (nSPS) is 9.93. The van der Waals surface area contributed by atoms with E-state index >= 15 is 0 Å². The lowest BCUT2D eigenvalue weighted by molar-refractivity contribution is 0.556. The van der Waals surface area contributed by atoms with Crippen molar-refractivity contribution in [3.63, 3.8) is 0 Å². The zero-order chi connectivity index (χ0) is 19.4. The monoisotopic (exact) mass is 403 g/mol. The summed E-state index contributed by atoms with van der Waals surface area (Å²) in [5, 5.41) is 3.08. The van der Waals surface area contributed by atoms with Crippen LogP contribution < -0.4 is 5.32 Å². The zero-order valence-corrected chi connectivity index (χ0v) is 19.0. The van der Waals surface area contributed by atoms with Gasteiger partial charge in [-0.05, 0) is 31.0 Å². The van der Waals surface area contributed by atoms with Crippen molar-refractivity contribution in [2.24, 2.45) is 0 Å². The van der Waals surface area contributed by atoms with Crippen LogP contribution in [0.5, 0.6) is 0 Å². The van der Waals surface area contributed by atoms with Gasteiger partial charge in [0.1, 0.15) is 0 Å². The Kier molecular flexibility index (Phi) is 19.5. The Morgan fingerprint density at radius 3 is 1.46 bits per heavy atom. The molecule has 0 aliphatic rings. The number of benzene rings is 2. The number of rotatable bonds is 13. The Balaban J connectivity index is 0.000000614.